The van der Waals surface area contributed by atoms with Gasteiger partial charge in [0.05, 0.1) is 25.1 Å². The number of nitrogens with two attached hydrogens (primary N) is 1. The van der Waals surface area contributed by atoms with Crippen LogP contribution in [0.5, 0.6) is 11.5 Å². The number of thiophene rings is 1. The van der Waals surface area contributed by atoms with E-state index in [0.717, 1.165) is 30.6 Å². The van der Waals surface area contributed by atoms with E-state index in [9.17, 15) is 4.79 Å². The molecule has 0 bridgehead atoms. The third-order valence-electron chi connectivity index (χ3n) is 4.21. The van der Waals surface area contributed by atoms with Crippen LogP contribution in [-0.2, 0) is 0 Å². The number of pyridine rings is 1. The van der Waals surface area contributed by atoms with E-state index in [0.29, 0.717) is 37.6 Å². The number of ether oxygens (including phenoxy) is 1. The van der Waals surface area contributed by atoms with E-state index in [1.807, 2.05) is 4.90 Å². The third-order valence-corrected chi connectivity index (χ3v) is 5.90. The molecule has 8 heteroatoms. The van der Waals surface area contributed by atoms with Gasteiger partial charge >= 0.3 is 0 Å². The van der Waals surface area contributed by atoms with Crippen LogP contribution in [-0.4, -0.2) is 28.9 Å². The van der Waals surface area contributed by atoms with Crippen LogP contribution >= 0.6 is 34.5 Å². The summed E-state index contributed by atoms with van der Waals surface area (Å²) in [5, 5.41) is 0.648. The van der Waals surface area contributed by atoms with Crippen LogP contribution in [0.25, 0.3) is 10.2 Å². The molecule has 1 amide bonds. The topological polar surface area (TPSA) is 68.5 Å². The first-order chi connectivity index (χ1) is 12.5. The summed E-state index contributed by atoms with van der Waals surface area (Å²) >= 11 is 13.8. The lowest BCUT2D eigenvalue weighted by atomic mass is 10.3. The Morgan fingerprint density at radius 2 is 1.88 bits per heavy atom. The molecule has 134 valence electrons. The fourth-order valence-corrected chi connectivity index (χ4v) is 4.58. The molecule has 1 aliphatic heterocycles. The van der Waals surface area contributed by atoms with Crippen molar-refractivity contribution in [2.45, 2.75) is 12.8 Å². The molecular formula is C18H15Cl2N3O2S. The van der Waals surface area contributed by atoms with Gasteiger partial charge < -0.3 is 15.4 Å². The third kappa shape index (κ3) is 3.20. The number of fused-ring (bicyclic) bond motifs is 1. The van der Waals surface area contributed by atoms with Crippen molar-refractivity contribution in [3.8, 4) is 11.5 Å². The first kappa shape index (κ1) is 17.4. The monoisotopic (exact) mass is 407 g/mol. The summed E-state index contributed by atoms with van der Waals surface area (Å²) < 4.78 is 6.73. The maximum Gasteiger partial charge on any atom is 0.264 e. The second-order valence-electron chi connectivity index (χ2n) is 6.05. The van der Waals surface area contributed by atoms with Crippen molar-refractivity contribution in [2.75, 3.05) is 18.8 Å². The second kappa shape index (κ2) is 6.95. The highest BCUT2D eigenvalue weighted by atomic mass is 35.5. The molecule has 2 aromatic heterocycles. The molecular weight excluding hydrogens is 393 g/mol. The van der Waals surface area contributed by atoms with Crippen molar-refractivity contribution < 1.29 is 9.53 Å². The van der Waals surface area contributed by atoms with Gasteiger partial charge in [0.15, 0.2) is 5.75 Å². The summed E-state index contributed by atoms with van der Waals surface area (Å²) in [7, 11) is 0. The number of carbonyl (C=O) groups excluding carboxylic acids is 1. The van der Waals surface area contributed by atoms with Crippen molar-refractivity contribution in [1.29, 1.82) is 0 Å². The molecule has 1 saturated heterocycles. The minimum atomic E-state index is 0.0417. The van der Waals surface area contributed by atoms with E-state index < -0.39 is 0 Å². The van der Waals surface area contributed by atoms with Gasteiger partial charge in [-0.2, -0.15) is 0 Å². The second-order valence-corrected chi connectivity index (χ2v) is 7.92. The average Bonchev–Trinajstić information content (AvgIpc) is 3.27. The molecule has 5 nitrogen and oxygen atoms in total. The van der Waals surface area contributed by atoms with Crippen LogP contribution in [0.15, 0.2) is 30.5 Å². The quantitative estimate of drug-likeness (QED) is 0.604. The maximum atomic E-state index is 12.6. The Hall–Kier alpha value is -2.02. The summed E-state index contributed by atoms with van der Waals surface area (Å²) in [4.78, 5) is 19.5. The Kier molecular flexibility index (Phi) is 4.65. The average molecular weight is 408 g/mol. The van der Waals surface area contributed by atoms with Crippen LogP contribution in [0.3, 0.4) is 0 Å². The number of nitrogen functional groups attached to an aromatic ring is 1. The number of anilines is 1. The van der Waals surface area contributed by atoms with Crippen molar-refractivity contribution in [1.82, 2.24) is 9.88 Å². The zero-order chi connectivity index (χ0) is 18.3. The molecule has 3 aromatic rings. The van der Waals surface area contributed by atoms with E-state index in [1.165, 1.54) is 11.3 Å². The number of amides is 1. The number of hydrogen-bond donors (Lipinski definition) is 1. The van der Waals surface area contributed by atoms with Gasteiger partial charge in [0.25, 0.3) is 5.91 Å². The predicted molar refractivity (Wildman–Crippen MR) is 106 cm³/mol. The van der Waals surface area contributed by atoms with Crippen LogP contribution in [0.1, 0.15) is 22.5 Å². The number of halogens is 2. The number of benzene rings is 1. The minimum Gasteiger partial charge on any atom is -0.453 e. The zero-order valence-electron chi connectivity index (χ0n) is 13.7. The van der Waals surface area contributed by atoms with Crippen LogP contribution < -0.4 is 10.5 Å². The van der Waals surface area contributed by atoms with Gasteiger partial charge in [0.1, 0.15) is 5.75 Å². The molecule has 26 heavy (non-hydrogen) atoms. The highest BCUT2D eigenvalue weighted by Crippen LogP contribution is 2.41. The van der Waals surface area contributed by atoms with Crippen LogP contribution in [0.2, 0.25) is 10.0 Å². The molecule has 0 atom stereocenters. The fourth-order valence-electron chi connectivity index (χ4n) is 2.96. The van der Waals surface area contributed by atoms with Crippen molar-refractivity contribution >= 4 is 56.3 Å². The van der Waals surface area contributed by atoms with Gasteiger partial charge in [0, 0.05) is 31.0 Å². The number of rotatable bonds is 3. The smallest absolute Gasteiger partial charge is 0.264 e. The van der Waals surface area contributed by atoms with Crippen LogP contribution in [0.4, 0.5) is 5.69 Å². The Balaban J connectivity index is 1.71. The van der Waals surface area contributed by atoms with Gasteiger partial charge in [0.2, 0.25) is 0 Å². The number of nitrogens with zero attached hydrogens (tertiary/aromatic N) is 2. The minimum absolute atomic E-state index is 0.0417. The standard InChI is InChI=1S/C18H15Cl2N3O2S/c19-11-7-10(21)8-12(20)16(11)25-14-3-4-22-13-9-15(26-17(13)14)18(24)23-5-1-2-6-23/h3-4,7-9H,1-2,5-6,21H2. The van der Waals surface area contributed by atoms with E-state index >= 15 is 0 Å². The lowest BCUT2D eigenvalue weighted by molar-refractivity contribution is 0.0797. The molecule has 0 radical (unpaired) electrons. The summed E-state index contributed by atoms with van der Waals surface area (Å²) in [6, 6.07) is 6.70. The molecule has 1 fully saturated rings. The number of aromatic nitrogens is 1. The molecule has 0 spiro atoms. The summed E-state index contributed by atoms with van der Waals surface area (Å²) in [6.45, 7) is 1.61. The summed E-state index contributed by atoms with van der Waals surface area (Å²) in [5.74, 6) is 0.921. The number of likely N-dealkylation sites (tertiary alicyclic amines) is 1. The van der Waals surface area contributed by atoms with E-state index in [2.05, 4.69) is 4.98 Å². The van der Waals surface area contributed by atoms with Gasteiger partial charge in [-0.15, -0.1) is 11.3 Å². The number of hydrogen-bond acceptors (Lipinski definition) is 5. The van der Waals surface area contributed by atoms with Crippen molar-refractivity contribution in [2.24, 2.45) is 0 Å². The summed E-state index contributed by atoms with van der Waals surface area (Å²) in [5.41, 5.74) is 6.90. The highest BCUT2D eigenvalue weighted by Gasteiger charge is 2.23. The van der Waals surface area contributed by atoms with E-state index in [1.54, 1.807) is 30.5 Å². The Morgan fingerprint density at radius 3 is 2.58 bits per heavy atom. The van der Waals surface area contributed by atoms with E-state index in [-0.39, 0.29) is 5.91 Å². The molecule has 2 N–H and O–H groups in total. The van der Waals surface area contributed by atoms with Gasteiger partial charge in [-0.1, -0.05) is 23.2 Å². The van der Waals surface area contributed by atoms with E-state index in [4.69, 9.17) is 33.7 Å². The SMILES string of the molecule is Nc1cc(Cl)c(Oc2ccnc3cc(C(=O)N4CCCC4)sc23)c(Cl)c1. The van der Waals surface area contributed by atoms with Crippen molar-refractivity contribution in [3.63, 3.8) is 0 Å². The molecule has 1 aliphatic rings. The fraction of sp³-hybridized carbons (Fsp3) is 0.222. The van der Waals surface area contributed by atoms with Crippen molar-refractivity contribution in [3.05, 3.63) is 45.4 Å². The molecule has 1 aromatic carbocycles. The molecule has 0 aliphatic carbocycles. The van der Waals surface area contributed by atoms with Crippen LogP contribution in [0, 0.1) is 0 Å². The van der Waals surface area contributed by atoms with Gasteiger partial charge in [-0.25, -0.2) is 0 Å². The van der Waals surface area contributed by atoms with Gasteiger partial charge in [-0.05, 0) is 31.0 Å². The zero-order valence-corrected chi connectivity index (χ0v) is 16.0. The number of carbonyl (C=O) groups is 1. The lowest BCUT2D eigenvalue weighted by Crippen LogP contribution is -2.26. The maximum absolute atomic E-state index is 12.6. The summed E-state index contributed by atoms with van der Waals surface area (Å²) in [6.07, 6.45) is 3.74. The first-order valence-electron chi connectivity index (χ1n) is 8.13. The molecule has 4 rings (SSSR count). The molecule has 3 heterocycles. The Bertz CT molecular complexity index is 976. The Morgan fingerprint density at radius 1 is 1.19 bits per heavy atom. The molecule has 0 unspecified atom stereocenters. The normalized spacial score (nSPS) is 14.2. The Labute approximate surface area is 164 Å². The predicted octanol–water partition coefficient (Wildman–Crippen LogP) is 5.21. The molecule has 0 saturated carbocycles. The largest absolute Gasteiger partial charge is 0.453 e. The van der Waals surface area contributed by atoms with Gasteiger partial charge in [-0.3, -0.25) is 9.78 Å². The highest BCUT2D eigenvalue weighted by molar-refractivity contribution is 7.21. The first-order valence-corrected chi connectivity index (χ1v) is 9.70. The lowest BCUT2D eigenvalue weighted by Gasteiger charge is -2.13.